The fourth-order valence-electron chi connectivity index (χ4n) is 6.00. The molecule has 2 atom stereocenters. The number of nitrogens with zero attached hydrogens (tertiary/aromatic N) is 1. The van der Waals surface area contributed by atoms with Crippen molar-refractivity contribution >= 4 is 34.8 Å². The number of aryl methyl sites for hydroxylation is 2. The Bertz CT molecular complexity index is 1330. The zero-order valence-corrected chi connectivity index (χ0v) is 23.2. The highest BCUT2D eigenvalue weighted by atomic mass is 35.5. The number of nitrogens with one attached hydrogen (secondary N) is 2. The van der Waals surface area contributed by atoms with Crippen LogP contribution in [0.15, 0.2) is 60.7 Å². The topological polar surface area (TPSA) is 61.4 Å². The van der Waals surface area contributed by atoms with Crippen LogP contribution in [-0.2, 0) is 4.79 Å². The summed E-state index contributed by atoms with van der Waals surface area (Å²) in [5, 5.41) is 7.27. The second kappa shape index (κ2) is 11.8. The number of likely N-dealkylation sites (tertiary alicyclic amines) is 1. The molecule has 0 spiro atoms. The van der Waals surface area contributed by atoms with Gasteiger partial charge in [-0.15, -0.1) is 0 Å². The number of hydrogen-bond donors (Lipinski definition) is 2. The lowest BCUT2D eigenvalue weighted by atomic mass is 9.83. The molecule has 3 aromatic rings. The highest BCUT2D eigenvalue weighted by molar-refractivity contribution is 6.31. The molecule has 5 nitrogen and oxygen atoms in total. The highest BCUT2D eigenvalue weighted by Gasteiger charge is 2.40. The fraction of sp³-hybridized carbons (Fsp3) is 0.375. The lowest BCUT2D eigenvalue weighted by molar-refractivity contribution is -0.123. The van der Waals surface area contributed by atoms with E-state index in [4.69, 9.17) is 11.6 Å². The standard InChI is InChI=1S/C32H35ClFN3O2/c1-20-7-5-11-28(34)29(20)32(39)37-18-6-10-26(31(38)36-25-16-17-27(33)21(2)19-25)30(37)22-12-14-24(15-13-22)35-23-8-3-4-9-23/h5,7,11-17,19,23,26,30,35H,3-4,6,8-10,18H2,1-2H3,(H,36,38). The zero-order valence-electron chi connectivity index (χ0n) is 22.5. The Morgan fingerprint density at radius 3 is 2.31 bits per heavy atom. The van der Waals surface area contributed by atoms with Crippen LogP contribution in [0.25, 0.3) is 0 Å². The lowest BCUT2D eigenvalue weighted by Crippen LogP contribution is -2.46. The molecule has 7 heteroatoms. The molecule has 0 aromatic heterocycles. The van der Waals surface area contributed by atoms with Crippen molar-refractivity contribution in [3.63, 3.8) is 0 Å². The molecule has 0 bridgehead atoms. The van der Waals surface area contributed by atoms with E-state index in [-0.39, 0.29) is 17.4 Å². The molecular formula is C32H35ClFN3O2. The third kappa shape index (κ3) is 5.96. The number of rotatable bonds is 6. The van der Waals surface area contributed by atoms with E-state index in [1.54, 1.807) is 36.1 Å². The Kier molecular flexibility index (Phi) is 8.22. The molecule has 1 heterocycles. The molecule has 1 aliphatic carbocycles. The van der Waals surface area contributed by atoms with Crippen LogP contribution in [0.3, 0.4) is 0 Å². The molecule has 2 unspecified atom stereocenters. The largest absolute Gasteiger partial charge is 0.382 e. The summed E-state index contributed by atoms with van der Waals surface area (Å²) in [6.07, 6.45) is 6.09. The average molecular weight is 548 g/mol. The SMILES string of the molecule is Cc1cc(NC(=O)C2CCCN(C(=O)c3c(C)cccc3F)C2c2ccc(NC3CCCC3)cc2)ccc1Cl. The predicted octanol–water partition coefficient (Wildman–Crippen LogP) is 7.68. The van der Waals surface area contributed by atoms with Gasteiger partial charge in [0.25, 0.3) is 5.91 Å². The zero-order chi connectivity index (χ0) is 27.5. The number of hydrogen-bond acceptors (Lipinski definition) is 3. The molecule has 0 radical (unpaired) electrons. The summed E-state index contributed by atoms with van der Waals surface area (Å²) in [7, 11) is 0. The molecule has 5 rings (SSSR count). The number of anilines is 2. The second-order valence-corrected chi connectivity index (χ2v) is 11.2. The van der Waals surface area contributed by atoms with Crippen LogP contribution in [0.2, 0.25) is 5.02 Å². The van der Waals surface area contributed by atoms with Gasteiger partial charge in [0.1, 0.15) is 5.82 Å². The maximum absolute atomic E-state index is 14.9. The highest BCUT2D eigenvalue weighted by Crippen LogP contribution is 2.39. The predicted molar refractivity (Wildman–Crippen MR) is 155 cm³/mol. The molecule has 2 N–H and O–H groups in total. The van der Waals surface area contributed by atoms with Crippen molar-refractivity contribution in [2.24, 2.45) is 5.92 Å². The number of carbonyl (C=O) groups is 2. The fourth-order valence-corrected chi connectivity index (χ4v) is 6.11. The number of benzene rings is 3. The normalized spacial score (nSPS) is 19.6. The van der Waals surface area contributed by atoms with E-state index < -0.39 is 17.8 Å². The number of piperidine rings is 1. The van der Waals surface area contributed by atoms with Gasteiger partial charge >= 0.3 is 0 Å². The van der Waals surface area contributed by atoms with Gasteiger partial charge in [0.15, 0.2) is 0 Å². The van der Waals surface area contributed by atoms with Gasteiger partial charge in [0, 0.05) is 29.0 Å². The summed E-state index contributed by atoms with van der Waals surface area (Å²) in [5.74, 6) is -1.60. The molecule has 39 heavy (non-hydrogen) atoms. The summed E-state index contributed by atoms with van der Waals surface area (Å²) in [6, 6.07) is 18.0. The van der Waals surface area contributed by atoms with Crippen LogP contribution in [0, 0.1) is 25.6 Å². The van der Waals surface area contributed by atoms with Gasteiger partial charge in [0.2, 0.25) is 5.91 Å². The van der Waals surface area contributed by atoms with Crippen molar-refractivity contribution in [1.29, 1.82) is 0 Å². The quantitative estimate of drug-likeness (QED) is 0.332. The third-order valence-electron chi connectivity index (χ3n) is 8.07. The van der Waals surface area contributed by atoms with Gasteiger partial charge in [-0.2, -0.15) is 0 Å². The van der Waals surface area contributed by atoms with E-state index in [1.165, 1.54) is 31.7 Å². The average Bonchev–Trinajstić information content (AvgIpc) is 3.44. The van der Waals surface area contributed by atoms with E-state index in [9.17, 15) is 14.0 Å². The van der Waals surface area contributed by atoms with Crippen molar-refractivity contribution in [3.05, 3.63) is 93.8 Å². The molecule has 1 saturated heterocycles. The number of carbonyl (C=O) groups excluding carboxylic acids is 2. The Labute approximate surface area is 234 Å². The van der Waals surface area contributed by atoms with E-state index in [2.05, 4.69) is 10.6 Å². The summed E-state index contributed by atoms with van der Waals surface area (Å²) in [5.41, 5.74) is 4.06. The van der Waals surface area contributed by atoms with Crippen molar-refractivity contribution in [2.75, 3.05) is 17.2 Å². The molecule has 3 aromatic carbocycles. The smallest absolute Gasteiger partial charge is 0.257 e. The van der Waals surface area contributed by atoms with Crippen molar-refractivity contribution in [1.82, 2.24) is 4.90 Å². The van der Waals surface area contributed by atoms with Crippen LogP contribution >= 0.6 is 11.6 Å². The van der Waals surface area contributed by atoms with Crippen LogP contribution in [0.5, 0.6) is 0 Å². The molecule has 1 aliphatic heterocycles. The minimum Gasteiger partial charge on any atom is -0.382 e. The van der Waals surface area contributed by atoms with Gasteiger partial charge in [-0.25, -0.2) is 4.39 Å². The summed E-state index contributed by atoms with van der Waals surface area (Å²) < 4.78 is 14.9. The Hall–Kier alpha value is -3.38. The Balaban J connectivity index is 1.47. The van der Waals surface area contributed by atoms with Gasteiger partial charge in [-0.1, -0.05) is 48.7 Å². The van der Waals surface area contributed by atoms with Crippen molar-refractivity contribution in [3.8, 4) is 0 Å². The van der Waals surface area contributed by atoms with Crippen LogP contribution in [0.1, 0.15) is 71.6 Å². The molecule has 2 aliphatic rings. The van der Waals surface area contributed by atoms with Crippen LogP contribution < -0.4 is 10.6 Å². The maximum Gasteiger partial charge on any atom is 0.257 e. The monoisotopic (exact) mass is 547 g/mol. The minimum absolute atomic E-state index is 0.0661. The van der Waals surface area contributed by atoms with E-state index >= 15 is 0 Å². The summed E-state index contributed by atoms with van der Waals surface area (Å²) in [4.78, 5) is 29.3. The van der Waals surface area contributed by atoms with Crippen LogP contribution in [0.4, 0.5) is 15.8 Å². The third-order valence-corrected chi connectivity index (χ3v) is 8.49. The number of halogens is 2. The van der Waals surface area contributed by atoms with E-state index in [0.717, 1.165) is 16.8 Å². The summed E-state index contributed by atoms with van der Waals surface area (Å²) >= 11 is 6.18. The van der Waals surface area contributed by atoms with Gasteiger partial charge < -0.3 is 15.5 Å². The first-order valence-corrected chi connectivity index (χ1v) is 14.2. The first kappa shape index (κ1) is 27.2. The summed E-state index contributed by atoms with van der Waals surface area (Å²) in [6.45, 7) is 4.08. The second-order valence-electron chi connectivity index (χ2n) is 10.8. The molecule has 2 fully saturated rings. The molecule has 1 saturated carbocycles. The maximum atomic E-state index is 14.9. The van der Waals surface area contributed by atoms with Crippen LogP contribution in [-0.4, -0.2) is 29.3 Å². The van der Waals surface area contributed by atoms with E-state index in [0.29, 0.717) is 41.7 Å². The Morgan fingerprint density at radius 2 is 1.62 bits per heavy atom. The first-order valence-electron chi connectivity index (χ1n) is 13.8. The molecule has 2 amide bonds. The minimum atomic E-state index is -0.543. The molecule has 204 valence electrons. The molecular weight excluding hydrogens is 513 g/mol. The van der Waals surface area contributed by atoms with Crippen molar-refractivity contribution < 1.29 is 14.0 Å². The lowest BCUT2D eigenvalue weighted by Gasteiger charge is -2.41. The van der Waals surface area contributed by atoms with Crippen molar-refractivity contribution in [2.45, 2.75) is 64.5 Å². The Morgan fingerprint density at radius 1 is 0.897 bits per heavy atom. The van der Waals surface area contributed by atoms with Gasteiger partial charge in [-0.3, -0.25) is 9.59 Å². The van der Waals surface area contributed by atoms with Gasteiger partial charge in [0.05, 0.1) is 17.5 Å². The van der Waals surface area contributed by atoms with Gasteiger partial charge in [-0.05, 0) is 92.6 Å². The first-order chi connectivity index (χ1) is 18.8. The number of amides is 2. The van der Waals surface area contributed by atoms with E-state index in [1.807, 2.05) is 37.3 Å².